The highest BCUT2D eigenvalue weighted by atomic mass is 15.4. The van der Waals surface area contributed by atoms with Crippen molar-refractivity contribution in [3.05, 3.63) is 0 Å². The van der Waals surface area contributed by atoms with Crippen LogP contribution in [0.1, 0.15) is 32.6 Å². The summed E-state index contributed by atoms with van der Waals surface area (Å²) in [6.07, 6.45) is 5.66. The molecule has 2 heteroatoms. The Hall–Kier alpha value is -0.0800. The summed E-state index contributed by atoms with van der Waals surface area (Å²) in [6.45, 7) is 2.28. The Balaban J connectivity index is 2.01. The first-order chi connectivity index (χ1) is 4.88. The van der Waals surface area contributed by atoms with E-state index in [2.05, 4.69) is 17.8 Å². The molecule has 3 atom stereocenters. The summed E-state index contributed by atoms with van der Waals surface area (Å²) in [4.78, 5) is 0. The van der Waals surface area contributed by atoms with E-state index in [-0.39, 0.29) is 0 Å². The summed E-state index contributed by atoms with van der Waals surface area (Å²) in [6, 6.07) is 1.48. The average molecular weight is 140 g/mol. The fraction of sp³-hybridized carbons (Fsp3) is 1.00. The Kier molecular flexibility index (Phi) is 1.66. The van der Waals surface area contributed by atoms with Crippen molar-refractivity contribution in [3.8, 4) is 0 Å². The molecule has 2 unspecified atom stereocenters. The van der Waals surface area contributed by atoms with Gasteiger partial charge in [0.05, 0.1) is 0 Å². The predicted octanol–water partition coefficient (Wildman–Crippen LogP) is 1.04. The summed E-state index contributed by atoms with van der Waals surface area (Å²) in [5.74, 6) is 0.911. The van der Waals surface area contributed by atoms with Crippen molar-refractivity contribution in [1.82, 2.24) is 10.9 Å². The molecule has 2 aliphatic rings. The molecule has 1 saturated carbocycles. The van der Waals surface area contributed by atoms with Crippen molar-refractivity contribution in [3.63, 3.8) is 0 Å². The molecule has 0 aromatic heterocycles. The molecule has 58 valence electrons. The van der Waals surface area contributed by atoms with E-state index < -0.39 is 0 Å². The Bertz CT molecular complexity index is 122. The number of hydrogen-bond acceptors (Lipinski definition) is 2. The minimum atomic E-state index is 0.699. The highest BCUT2D eigenvalue weighted by Crippen LogP contribution is 2.29. The van der Waals surface area contributed by atoms with Gasteiger partial charge >= 0.3 is 0 Å². The molecule has 2 fully saturated rings. The fourth-order valence-corrected chi connectivity index (χ4v) is 2.28. The molecule has 1 heterocycles. The van der Waals surface area contributed by atoms with Gasteiger partial charge in [-0.25, -0.2) is 0 Å². The third-order valence-electron chi connectivity index (χ3n) is 2.96. The minimum Gasteiger partial charge on any atom is -0.254 e. The number of fused-ring (bicyclic) bond motifs is 1. The van der Waals surface area contributed by atoms with Crippen LogP contribution in [-0.2, 0) is 0 Å². The lowest BCUT2D eigenvalue weighted by Gasteiger charge is -2.25. The monoisotopic (exact) mass is 140 g/mol. The molecule has 1 aliphatic heterocycles. The van der Waals surface area contributed by atoms with Gasteiger partial charge in [-0.3, -0.25) is 10.9 Å². The lowest BCUT2D eigenvalue weighted by atomic mass is 9.82. The molecule has 2 nitrogen and oxygen atoms in total. The first-order valence-electron chi connectivity index (χ1n) is 4.39. The number of nitrogens with one attached hydrogen (secondary N) is 2. The van der Waals surface area contributed by atoms with Crippen LogP contribution in [0.25, 0.3) is 0 Å². The zero-order valence-electron chi connectivity index (χ0n) is 6.56. The van der Waals surface area contributed by atoms with Gasteiger partial charge in [0.1, 0.15) is 0 Å². The maximum Gasteiger partial charge on any atom is 0.0256 e. The quantitative estimate of drug-likeness (QED) is 0.525. The van der Waals surface area contributed by atoms with Crippen LogP contribution in [0, 0.1) is 5.92 Å². The van der Waals surface area contributed by atoms with Crippen molar-refractivity contribution >= 4 is 0 Å². The van der Waals surface area contributed by atoms with Crippen molar-refractivity contribution in [2.75, 3.05) is 0 Å². The van der Waals surface area contributed by atoms with E-state index in [1.54, 1.807) is 0 Å². The Morgan fingerprint density at radius 1 is 1.10 bits per heavy atom. The molecule has 0 aromatic rings. The molecule has 0 bridgehead atoms. The molecule has 0 aromatic carbocycles. The first kappa shape index (κ1) is 6.62. The summed E-state index contributed by atoms with van der Waals surface area (Å²) < 4.78 is 0. The van der Waals surface area contributed by atoms with Crippen LogP contribution in [0.5, 0.6) is 0 Å². The average Bonchev–Trinajstić information content (AvgIpc) is 2.34. The van der Waals surface area contributed by atoms with Gasteiger partial charge < -0.3 is 0 Å². The molecule has 10 heavy (non-hydrogen) atoms. The minimum absolute atomic E-state index is 0.699. The molecular weight excluding hydrogens is 124 g/mol. The standard InChI is InChI=1S/C8H16N2/c1-6-7-4-2-3-5-8(7)10-9-6/h6-10H,2-5H2,1H3/t6?,7?,8-/m1/s1. The van der Waals surface area contributed by atoms with Crippen LogP contribution in [-0.4, -0.2) is 12.1 Å². The summed E-state index contributed by atoms with van der Waals surface area (Å²) in [7, 11) is 0. The van der Waals surface area contributed by atoms with E-state index >= 15 is 0 Å². The summed E-state index contributed by atoms with van der Waals surface area (Å²) in [5, 5.41) is 0. The third-order valence-corrected chi connectivity index (χ3v) is 2.96. The molecule has 1 saturated heterocycles. The molecule has 1 aliphatic carbocycles. The zero-order chi connectivity index (χ0) is 6.97. The highest BCUT2D eigenvalue weighted by molar-refractivity contribution is 4.90. The van der Waals surface area contributed by atoms with Crippen molar-refractivity contribution in [2.24, 2.45) is 5.92 Å². The second-order valence-electron chi connectivity index (χ2n) is 3.63. The Morgan fingerprint density at radius 2 is 1.90 bits per heavy atom. The molecule has 2 N–H and O–H groups in total. The van der Waals surface area contributed by atoms with Crippen molar-refractivity contribution < 1.29 is 0 Å². The maximum absolute atomic E-state index is 3.36. The molecule has 0 amide bonds. The predicted molar refractivity (Wildman–Crippen MR) is 41.5 cm³/mol. The van der Waals surface area contributed by atoms with Gasteiger partial charge in [0.2, 0.25) is 0 Å². The molecular formula is C8H16N2. The third kappa shape index (κ3) is 0.956. The topological polar surface area (TPSA) is 24.1 Å². The van der Waals surface area contributed by atoms with E-state index in [1.165, 1.54) is 25.7 Å². The van der Waals surface area contributed by atoms with Crippen LogP contribution >= 0.6 is 0 Å². The van der Waals surface area contributed by atoms with Crippen LogP contribution < -0.4 is 10.9 Å². The molecule has 0 spiro atoms. The van der Waals surface area contributed by atoms with E-state index in [4.69, 9.17) is 0 Å². The molecule has 0 radical (unpaired) electrons. The second kappa shape index (κ2) is 2.51. The number of hydrazine groups is 1. The summed E-state index contributed by atoms with van der Waals surface area (Å²) >= 11 is 0. The highest BCUT2D eigenvalue weighted by Gasteiger charge is 2.34. The Morgan fingerprint density at radius 3 is 2.70 bits per heavy atom. The van der Waals surface area contributed by atoms with Gasteiger partial charge in [-0.2, -0.15) is 0 Å². The largest absolute Gasteiger partial charge is 0.254 e. The normalized spacial score (nSPS) is 47.1. The van der Waals surface area contributed by atoms with Crippen LogP contribution in [0.4, 0.5) is 0 Å². The zero-order valence-corrected chi connectivity index (χ0v) is 6.56. The van der Waals surface area contributed by atoms with E-state index in [1.807, 2.05) is 0 Å². The smallest absolute Gasteiger partial charge is 0.0256 e. The lowest BCUT2D eigenvalue weighted by Crippen LogP contribution is -2.33. The SMILES string of the molecule is CC1NN[C@@H]2CCCCC12. The fourth-order valence-electron chi connectivity index (χ4n) is 2.28. The van der Waals surface area contributed by atoms with E-state index in [0.717, 1.165) is 12.0 Å². The maximum atomic E-state index is 3.36. The molecule has 2 rings (SSSR count). The van der Waals surface area contributed by atoms with Crippen molar-refractivity contribution in [2.45, 2.75) is 44.7 Å². The van der Waals surface area contributed by atoms with Gasteiger partial charge in [0.15, 0.2) is 0 Å². The first-order valence-corrected chi connectivity index (χ1v) is 4.39. The summed E-state index contributed by atoms with van der Waals surface area (Å²) in [5.41, 5.74) is 6.67. The Labute approximate surface area is 62.4 Å². The van der Waals surface area contributed by atoms with Crippen LogP contribution in [0.15, 0.2) is 0 Å². The van der Waals surface area contributed by atoms with Gasteiger partial charge in [0, 0.05) is 12.1 Å². The van der Waals surface area contributed by atoms with E-state index in [0.29, 0.717) is 6.04 Å². The van der Waals surface area contributed by atoms with Gasteiger partial charge in [-0.1, -0.05) is 12.8 Å². The number of hydrogen-bond donors (Lipinski definition) is 2. The second-order valence-corrected chi connectivity index (χ2v) is 3.63. The number of rotatable bonds is 0. The van der Waals surface area contributed by atoms with Gasteiger partial charge in [-0.15, -0.1) is 0 Å². The van der Waals surface area contributed by atoms with Gasteiger partial charge in [-0.05, 0) is 25.7 Å². The van der Waals surface area contributed by atoms with E-state index in [9.17, 15) is 0 Å². The van der Waals surface area contributed by atoms with Gasteiger partial charge in [0.25, 0.3) is 0 Å². The van der Waals surface area contributed by atoms with Crippen LogP contribution in [0.3, 0.4) is 0 Å². The lowest BCUT2D eigenvalue weighted by molar-refractivity contribution is 0.312. The van der Waals surface area contributed by atoms with Crippen molar-refractivity contribution in [1.29, 1.82) is 0 Å². The van der Waals surface area contributed by atoms with Crippen LogP contribution in [0.2, 0.25) is 0 Å².